The molecule has 3 aromatic rings. The van der Waals surface area contributed by atoms with Crippen LogP contribution in [0.1, 0.15) is 74.4 Å². The fourth-order valence-corrected chi connectivity index (χ4v) is 6.41. The van der Waals surface area contributed by atoms with Crippen LogP contribution in [0.2, 0.25) is 5.02 Å². The van der Waals surface area contributed by atoms with Crippen LogP contribution >= 0.6 is 11.6 Å². The number of hydrogen-bond acceptors (Lipinski definition) is 5. The van der Waals surface area contributed by atoms with Crippen molar-refractivity contribution in [2.45, 2.75) is 70.7 Å². The molecule has 6 nitrogen and oxygen atoms in total. The van der Waals surface area contributed by atoms with Gasteiger partial charge in [-0.1, -0.05) is 42.8 Å². The lowest BCUT2D eigenvalue weighted by molar-refractivity contribution is -0.118. The van der Waals surface area contributed by atoms with E-state index in [4.69, 9.17) is 21.1 Å². The summed E-state index contributed by atoms with van der Waals surface area (Å²) < 4.78 is 12.0. The van der Waals surface area contributed by atoms with E-state index in [1.165, 1.54) is 18.4 Å². The molecule has 1 saturated heterocycles. The molecule has 0 radical (unpaired) electrons. The molecular formula is C35H44ClN3O3. The quantitative estimate of drug-likeness (QED) is 0.262. The van der Waals surface area contributed by atoms with Crippen LogP contribution in [-0.4, -0.2) is 62.1 Å². The highest BCUT2D eigenvalue weighted by atomic mass is 35.5. The summed E-state index contributed by atoms with van der Waals surface area (Å²) >= 11 is 6.28. The largest absolute Gasteiger partial charge is 0.493 e. The van der Waals surface area contributed by atoms with Gasteiger partial charge in [0.1, 0.15) is 0 Å². The standard InChI is InChI=1S/C35H44ClN3O3/c1-7-23(2)42-33-22-31-27(20-32(33)41-6)21-34(40)39(35(31)26-8-12-28(36)13-9-26)30-14-10-25(11-15-30)24(3)38-18-16-29(17-19-38)37(4)5/h8-15,20,22-24,29,35H,7,16-19,21H2,1-6H3/t23?,24-,35-/m1/s1. The van der Waals surface area contributed by atoms with Crippen molar-refractivity contribution in [3.8, 4) is 11.5 Å². The molecule has 3 atom stereocenters. The zero-order valence-electron chi connectivity index (χ0n) is 25.8. The first kappa shape index (κ1) is 30.4. The monoisotopic (exact) mass is 589 g/mol. The molecule has 0 saturated carbocycles. The molecule has 224 valence electrons. The Kier molecular flexibility index (Phi) is 9.46. The second-order valence-corrected chi connectivity index (χ2v) is 12.4. The topological polar surface area (TPSA) is 45.3 Å². The molecule has 5 rings (SSSR count). The maximum absolute atomic E-state index is 13.9. The maximum Gasteiger partial charge on any atom is 0.232 e. The van der Waals surface area contributed by atoms with E-state index >= 15 is 0 Å². The minimum absolute atomic E-state index is 0.0375. The summed E-state index contributed by atoms with van der Waals surface area (Å²) in [5.41, 5.74) is 5.14. The van der Waals surface area contributed by atoms with Gasteiger partial charge in [0.15, 0.2) is 11.5 Å². The van der Waals surface area contributed by atoms with Crippen LogP contribution in [0.5, 0.6) is 11.5 Å². The number of amides is 1. The van der Waals surface area contributed by atoms with Gasteiger partial charge in [-0.05, 0) is 106 Å². The number of halogens is 1. The molecular weight excluding hydrogens is 546 g/mol. The van der Waals surface area contributed by atoms with Crippen LogP contribution in [-0.2, 0) is 11.2 Å². The van der Waals surface area contributed by atoms with Gasteiger partial charge in [-0.3, -0.25) is 9.69 Å². The number of likely N-dealkylation sites (tertiary alicyclic amines) is 1. The molecule has 2 heterocycles. The zero-order valence-corrected chi connectivity index (χ0v) is 26.5. The third kappa shape index (κ3) is 6.31. The smallest absolute Gasteiger partial charge is 0.232 e. The molecule has 2 aliphatic heterocycles. The van der Waals surface area contributed by atoms with Crippen LogP contribution in [0.15, 0.2) is 60.7 Å². The Hall–Kier alpha value is -3.06. The van der Waals surface area contributed by atoms with Gasteiger partial charge >= 0.3 is 0 Å². The number of hydrogen-bond donors (Lipinski definition) is 0. The van der Waals surface area contributed by atoms with Gasteiger partial charge in [-0.25, -0.2) is 0 Å². The van der Waals surface area contributed by atoms with Gasteiger partial charge in [0.05, 0.1) is 25.7 Å². The Morgan fingerprint density at radius 1 is 0.976 bits per heavy atom. The number of fused-ring (bicyclic) bond motifs is 1. The van der Waals surface area contributed by atoms with Gasteiger partial charge in [0.2, 0.25) is 5.91 Å². The lowest BCUT2D eigenvalue weighted by Crippen LogP contribution is -2.42. The molecule has 0 aromatic heterocycles. The van der Waals surface area contributed by atoms with Gasteiger partial charge in [-0.2, -0.15) is 0 Å². The number of anilines is 1. The van der Waals surface area contributed by atoms with Crippen molar-refractivity contribution in [1.29, 1.82) is 0 Å². The Morgan fingerprint density at radius 3 is 2.24 bits per heavy atom. The SMILES string of the molecule is CCC(C)Oc1cc2c(cc1OC)CC(=O)N(c1ccc([C@@H](C)N3CCC(N(C)C)CC3)cc1)[C@@H]2c1ccc(Cl)cc1. The van der Waals surface area contributed by atoms with Crippen molar-refractivity contribution in [1.82, 2.24) is 9.80 Å². The molecule has 42 heavy (non-hydrogen) atoms. The summed E-state index contributed by atoms with van der Waals surface area (Å²) in [6.07, 6.45) is 3.58. The number of carbonyl (C=O) groups excluding carboxylic acids is 1. The van der Waals surface area contributed by atoms with Gasteiger partial charge < -0.3 is 19.3 Å². The first-order valence-electron chi connectivity index (χ1n) is 15.2. The van der Waals surface area contributed by atoms with Gasteiger partial charge in [-0.15, -0.1) is 0 Å². The lowest BCUT2D eigenvalue weighted by Gasteiger charge is -2.39. The Bertz CT molecular complexity index is 1370. The highest BCUT2D eigenvalue weighted by Crippen LogP contribution is 2.44. The number of benzene rings is 3. The molecule has 0 spiro atoms. The second kappa shape index (κ2) is 13.1. The molecule has 2 aliphatic rings. The number of ether oxygens (including phenoxy) is 2. The predicted octanol–water partition coefficient (Wildman–Crippen LogP) is 7.29. The van der Waals surface area contributed by atoms with E-state index in [2.05, 4.69) is 75.0 Å². The van der Waals surface area contributed by atoms with Gasteiger partial charge in [0.25, 0.3) is 0 Å². The van der Waals surface area contributed by atoms with Crippen LogP contribution in [0.4, 0.5) is 5.69 Å². The fourth-order valence-electron chi connectivity index (χ4n) is 6.29. The van der Waals surface area contributed by atoms with Crippen molar-refractivity contribution in [2.75, 3.05) is 39.2 Å². The number of carbonyl (C=O) groups is 1. The Labute approximate surface area is 256 Å². The van der Waals surface area contributed by atoms with Crippen LogP contribution in [0.3, 0.4) is 0 Å². The summed E-state index contributed by atoms with van der Waals surface area (Å²) in [6.45, 7) is 8.63. The molecule has 0 aliphatic carbocycles. The van der Waals surface area contributed by atoms with E-state index in [1.54, 1.807) is 7.11 Å². The molecule has 7 heteroatoms. The van der Waals surface area contributed by atoms with Crippen LogP contribution in [0, 0.1) is 0 Å². The summed E-state index contributed by atoms with van der Waals surface area (Å²) in [5, 5.41) is 0.663. The third-order valence-electron chi connectivity index (χ3n) is 9.11. The van der Waals surface area contributed by atoms with Crippen LogP contribution < -0.4 is 14.4 Å². The second-order valence-electron chi connectivity index (χ2n) is 11.9. The van der Waals surface area contributed by atoms with Crippen molar-refractivity contribution in [3.05, 3.63) is 87.9 Å². The summed E-state index contributed by atoms with van der Waals surface area (Å²) in [4.78, 5) is 20.7. The van der Waals surface area contributed by atoms with E-state index in [1.807, 2.05) is 35.2 Å². The van der Waals surface area contributed by atoms with E-state index in [9.17, 15) is 4.79 Å². The Balaban J connectivity index is 1.49. The van der Waals surface area contributed by atoms with E-state index in [0.29, 0.717) is 35.0 Å². The number of nitrogens with zero attached hydrogens (tertiary/aromatic N) is 3. The summed E-state index contributed by atoms with van der Waals surface area (Å²) in [6, 6.07) is 21.1. The highest BCUT2D eigenvalue weighted by molar-refractivity contribution is 6.30. The highest BCUT2D eigenvalue weighted by Gasteiger charge is 2.36. The minimum atomic E-state index is -0.322. The van der Waals surface area contributed by atoms with Crippen molar-refractivity contribution < 1.29 is 14.3 Å². The van der Waals surface area contributed by atoms with Gasteiger partial charge in [0, 0.05) is 35.9 Å². The van der Waals surface area contributed by atoms with E-state index < -0.39 is 0 Å². The van der Waals surface area contributed by atoms with Crippen molar-refractivity contribution in [3.63, 3.8) is 0 Å². The summed E-state index contributed by atoms with van der Waals surface area (Å²) in [7, 11) is 6.00. The molecule has 3 aromatic carbocycles. The van der Waals surface area contributed by atoms with Crippen LogP contribution in [0.25, 0.3) is 0 Å². The molecule has 0 bridgehead atoms. The average Bonchev–Trinajstić information content (AvgIpc) is 3.00. The minimum Gasteiger partial charge on any atom is -0.493 e. The number of piperidine rings is 1. The molecule has 1 unspecified atom stereocenters. The molecule has 1 fully saturated rings. The van der Waals surface area contributed by atoms with E-state index in [0.717, 1.165) is 41.9 Å². The predicted molar refractivity (Wildman–Crippen MR) is 171 cm³/mol. The lowest BCUT2D eigenvalue weighted by atomic mass is 9.86. The molecule has 1 amide bonds. The van der Waals surface area contributed by atoms with Crippen molar-refractivity contribution >= 4 is 23.2 Å². The number of rotatable bonds is 9. The maximum atomic E-state index is 13.9. The first-order valence-corrected chi connectivity index (χ1v) is 15.5. The first-order chi connectivity index (χ1) is 20.2. The fraction of sp³-hybridized carbons (Fsp3) is 0.457. The van der Waals surface area contributed by atoms with E-state index in [-0.39, 0.29) is 18.1 Å². The normalized spacial score (nSPS) is 19.5. The molecule has 0 N–H and O–H groups in total. The summed E-state index contributed by atoms with van der Waals surface area (Å²) in [5.74, 6) is 1.39. The Morgan fingerprint density at radius 2 is 1.64 bits per heavy atom. The third-order valence-corrected chi connectivity index (χ3v) is 9.36. The number of methoxy groups -OCH3 is 1. The van der Waals surface area contributed by atoms with Crippen molar-refractivity contribution in [2.24, 2.45) is 0 Å². The average molecular weight is 590 g/mol. The zero-order chi connectivity index (χ0) is 30.0.